The number of rotatable bonds is 6. The van der Waals surface area contributed by atoms with E-state index in [1.807, 2.05) is 12.1 Å². The number of likely N-dealkylation sites (tertiary alicyclic amines) is 1. The zero-order valence-electron chi connectivity index (χ0n) is 19.5. The van der Waals surface area contributed by atoms with E-state index >= 15 is 0 Å². The summed E-state index contributed by atoms with van der Waals surface area (Å²) in [7, 11) is 0. The minimum atomic E-state index is -4.39. The first-order chi connectivity index (χ1) is 16.4. The van der Waals surface area contributed by atoms with E-state index in [2.05, 4.69) is 17.9 Å². The molecule has 1 saturated heterocycles. The molecule has 34 heavy (non-hydrogen) atoms. The van der Waals surface area contributed by atoms with Crippen molar-refractivity contribution < 1.29 is 27.8 Å². The Balaban J connectivity index is 1.39. The van der Waals surface area contributed by atoms with Crippen molar-refractivity contribution in [2.45, 2.75) is 63.8 Å². The lowest BCUT2D eigenvalue weighted by Crippen LogP contribution is -2.35. The lowest BCUT2D eigenvalue weighted by Gasteiger charge is -2.32. The molecule has 0 spiro atoms. The van der Waals surface area contributed by atoms with E-state index in [9.17, 15) is 18.3 Å². The van der Waals surface area contributed by atoms with Crippen molar-refractivity contribution in [3.05, 3.63) is 58.1 Å². The summed E-state index contributed by atoms with van der Waals surface area (Å²) >= 11 is 0. The molecule has 2 aromatic rings. The lowest BCUT2D eigenvalue weighted by molar-refractivity contribution is -0.138. The van der Waals surface area contributed by atoms with Crippen LogP contribution in [0, 0.1) is 5.92 Å². The van der Waals surface area contributed by atoms with Crippen molar-refractivity contribution >= 4 is 0 Å². The maximum atomic E-state index is 13.9. The molecule has 0 aromatic heterocycles. The molecule has 0 radical (unpaired) electrons. The van der Waals surface area contributed by atoms with Crippen LogP contribution < -0.4 is 9.47 Å². The van der Waals surface area contributed by atoms with Crippen LogP contribution in [-0.2, 0) is 19.1 Å². The van der Waals surface area contributed by atoms with Gasteiger partial charge in [-0.05, 0) is 79.9 Å². The summed E-state index contributed by atoms with van der Waals surface area (Å²) in [6, 6.07) is 8.75. The molecule has 2 heterocycles. The molecule has 0 amide bonds. The smallest absolute Gasteiger partial charge is 0.416 e. The summed E-state index contributed by atoms with van der Waals surface area (Å²) in [5, 5.41) is 9.38. The van der Waals surface area contributed by atoms with Gasteiger partial charge in [-0.3, -0.25) is 4.90 Å². The Kier molecular flexibility index (Phi) is 6.51. The standard InChI is InChI=1S/C27H32F3NO3/c1-2-18-16-33-26-13-19(3-4-20(18)26)34-25-8-6-21-22(25)5-7-24(27(28,29)30)23(21)14-31-11-9-17(15-32)10-12-31/h3-5,7,13,17-18,25,32H,2,6,8-12,14-16H2,1H3. The van der Waals surface area contributed by atoms with E-state index < -0.39 is 11.7 Å². The monoisotopic (exact) mass is 475 g/mol. The summed E-state index contributed by atoms with van der Waals surface area (Å²) in [6.07, 6.45) is -0.768. The first-order valence-corrected chi connectivity index (χ1v) is 12.4. The van der Waals surface area contributed by atoms with Gasteiger partial charge in [-0.1, -0.05) is 19.1 Å². The highest BCUT2D eigenvalue weighted by atomic mass is 19.4. The fraction of sp³-hybridized carbons (Fsp3) is 0.556. The molecule has 2 aromatic carbocycles. The molecule has 184 valence electrons. The van der Waals surface area contributed by atoms with E-state index in [0.29, 0.717) is 49.8 Å². The van der Waals surface area contributed by atoms with Crippen molar-refractivity contribution in [1.29, 1.82) is 0 Å². The zero-order chi connectivity index (χ0) is 23.9. The number of ether oxygens (including phenoxy) is 2. The van der Waals surface area contributed by atoms with Crippen LogP contribution in [-0.4, -0.2) is 36.3 Å². The van der Waals surface area contributed by atoms with Gasteiger partial charge in [0.25, 0.3) is 0 Å². The van der Waals surface area contributed by atoms with E-state index in [1.165, 1.54) is 11.6 Å². The number of hydrogen-bond donors (Lipinski definition) is 1. The maximum Gasteiger partial charge on any atom is 0.416 e. The topological polar surface area (TPSA) is 41.9 Å². The number of hydrogen-bond acceptors (Lipinski definition) is 4. The third-order valence-corrected chi connectivity index (χ3v) is 7.76. The Bertz CT molecular complexity index is 1030. The second-order valence-electron chi connectivity index (χ2n) is 9.82. The van der Waals surface area contributed by atoms with Gasteiger partial charge in [0, 0.05) is 30.7 Å². The van der Waals surface area contributed by atoms with E-state index in [1.54, 1.807) is 6.07 Å². The number of alkyl halides is 3. The molecule has 1 fully saturated rings. The average Bonchev–Trinajstić information content (AvgIpc) is 3.43. The molecule has 0 saturated carbocycles. The molecule has 1 aliphatic carbocycles. The highest BCUT2D eigenvalue weighted by Crippen LogP contribution is 2.44. The molecular weight excluding hydrogens is 443 g/mol. The molecule has 2 unspecified atom stereocenters. The van der Waals surface area contributed by atoms with Gasteiger partial charge in [-0.15, -0.1) is 0 Å². The number of piperidine rings is 1. The second kappa shape index (κ2) is 9.42. The molecule has 5 rings (SSSR count). The Morgan fingerprint density at radius 1 is 1.09 bits per heavy atom. The Labute approximate surface area is 198 Å². The van der Waals surface area contributed by atoms with E-state index in [4.69, 9.17) is 9.47 Å². The van der Waals surface area contributed by atoms with E-state index in [0.717, 1.165) is 36.1 Å². The fourth-order valence-electron chi connectivity index (χ4n) is 5.69. The molecule has 0 bridgehead atoms. The van der Waals surface area contributed by atoms with Gasteiger partial charge in [0.2, 0.25) is 0 Å². The van der Waals surface area contributed by atoms with Gasteiger partial charge < -0.3 is 14.6 Å². The van der Waals surface area contributed by atoms with Gasteiger partial charge in [-0.25, -0.2) is 0 Å². The van der Waals surface area contributed by atoms with Crippen LogP contribution in [0.4, 0.5) is 13.2 Å². The molecule has 1 N–H and O–H groups in total. The number of halogens is 3. The summed E-state index contributed by atoms with van der Waals surface area (Å²) in [5.74, 6) is 2.20. The number of aliphatic hydroxyl groups is 1. The van der Waals surface area contributed by atoms with Crippen LogP contribution in [0.2, 0.25) is 0 Å². The highest BCUT2D eigenvalue weighted by Gasteiger charge is 2.38. The predicted octanol–water partition coefficient (Wildman–Crippen LogP) is 5.86. The Morgan fingerprint density at radius 2 is 1.85 bits per heavy atom. The summed E-state index contributed by atoms with van der Waals surface area (Å²) in [4.78, 5) is 2.09. The van der Waals surface area contributed by atoms with Crippen molar-refractivity contribution in [1.82, 2.24) is 4.90 Å². The van der Waals surface area contributed by atoms with Crippen LogP contribution in [0.3, 0.4) is 0 Å². The molecular formula is C27H32F3NO3. The number of aliphatic hydroxyl groups excluding tert-OH is 1. The van der Waals surface area contributed by atoms with Gasteiger partial charge in [-0.2, -0.15) is 13.2 Å². The van der Waals surface area contributed by atoms with Gasteiger partial charge >= 0.3 is 6.18 Å². The Morgan fingerprint density at radius 3 is 2.56 bits per heavy atom. The normalized spacial score (nSPS) is 23.0. The SMILES string of the molecule is CCC1COc2cc(OC3CCc4c3ccc(C(F)(F)F)c4CN3CCC(CO)CC3)ccc21. The minimum Gasteiger partial charge on any atom is -0.493 e. The number of benzene rings is 2. The summed E-state index contributed by atoms with van der Waals surface area (Å²) in [5.41, 5.74) is 2.70. The molecule has 2 aliphatic heterocycles. The molecule has 2 atom stereocenters. The van der Waals surface area contributed by atoms with Crippen molar-refractivity contribution in [3.63, 3.8) is 0 Å². The van der Waals surface area contributed by atoms with Gasteiger partial charge in [0.1, 0.15) is 17.6 Å². The maximum absolute atomic E-state index is 13.9. The van der Waals surface area contributed by atoms with Gasteiger partial charge in [0.05, 0.1) is 12.2 Å². The number of fused-ring (bicyclic) bond motifs is 2. The van der Waals surface area contributed by atoms with Crippen molar-refractivity contribution in [2.24, 2.45) is 5.92 Å². The predicted molar refractivity (Wildman–Crippen MR) is 123 cm³/mol. The molecule has 4 nitrogen and oxygen atoms in total. The summed E-state index contributed by atoms with van der Waals surface area (Å²) < 4.78 is 53.9. The largest absolute Gasteiger partial charge is 0.493 e. The first kappa shape index (κ1) is 23.5. The van der Waals surface area contributed by atoms with E-state index in [-0.39, 0.29) is 25.2 Å². The van der Waals surface area contributed by atoms with Crippen LogP contribution in [0.1, 0.15) is 72.4 Å². The van der Waals surface area contributed by atoms with Crippen LogP contribution in [0.25, 0.3) is 0 Å². The van der Waals surface area contributed by atoms with Crippen LogP contribution >= 0.6 is 0 Å². The van der Waals surface area contributed by atoms with Crippen molar-refractivity contribution in [3.8, 4) is 11.5 Å². The third-order valence-electron chi connectivity index (χ3n) is 7.76. The van der Waals surface area contributed by atoms with Crippen LogP contribution in [0.5, 0.6) is 11.5 Å². The van der Waals surface area contributed by atoms with Crippen LogP contribution in [0.15, 0.2) is 30.3 Å². The molecule has 7 heteroatoms. The quantitative estimate of drug-likeness (QED) is 0.568. The first-order valence-electron chi connectivity index (χ1n) is 12.4. The Hall–Kier alpha value is -2.25. The lowest BCUT2D eigenvalue weighted by atomic mass is 9.93. The number of nitrogens with zero attached hydrogens (tertiary/aromatic N) is 1. The minimum absolute atomic E-state index is 0.147. The second-order valence-corrected chi connectivity index (χ2v) is 9.82. The fourth-order valence-corrected chi connectivity index (χ4v) is 5.69. The summed E-state index contributed by atoms with van der Waals surface area (Å²) in [6.45, 7) is 4.67. The van der Waals surface area contributed by atoms with Crippen molar-refractivity contribution in [2.75, 3.05) is 26.3 Å². The highest BCUT2D eigenvalue weighted by molar-refractivity contribution is 5.48. The zero-order valence-corrected chi connectivity index (χ0v) is 19.5. The third kappa shape index (κ3) is 4.52. The van der Waals surface area contributed by atoms with Gasteiger partial charge in [0.15, 0.2) is 0 Å². The molecule has 3 aliphatic rings. The average molecular weight is 476 g/mol.